The van der Waals surface area contributed by atoms with Gasteiger partial charge in [0.1, 0.15) is 11.4 Å². The van der Waals surface area contributed by atoms with Crippen molar-refractivity contribution >= 4 is 5.97 Å². The smallest absolute Gasteiger partial charge is 0.338 e. The summed E-state index contributed by atoms with van der Waals surface area (Å²) in [5, 5.41) is 0. The third kappa shape index (κ3) is 7.02. The Morgan fingerprint density at radius 3 is 2.24 bits per heavy atom. The fourth-order valence-corrected chi connectivity index (χ4v) is 2.22. The van der Waals surface area contributed by atoms with Crippen molar-refractivity contribution in [2.45, 2.75) is 51.6 Å². The zero-order valence-corrected chi connectivity index (χ0v) is 16.3. The van der Waals surface area contributed by atoms with Gasteiger partial charge in [0.15, 0.2) is 11.9 Å². The minimum Gasteiger partial charge on any atom is -0.497 e. The maximum atomic E-state index is 12.8. The van der Waals surface area contributed by atoms with Crippen LogP contribution in [0.5, 0.6) is 5.75 Å². The van der Waals surface area contributed by atoms with Crippen molar-refractivity contribution in [1.82, 2.24) is 0 Å². The topological polar surface area (TPSA) is 63.2 Å². The largest absolute Gasteiger partial charge is 0.497 e. The van der Waals surface area contributed by atoms with E-state index in [9.17, 15) is 4.79 Å². The summed E-state index contributed by atoms with van der Waals surface area (Å²) in [5.41, 5.74) is -0.897. The average Bonchev–Trinajstić information content (AvgIpc) is 2.54. The molecule has 0 fully saturated rings. The van der Waals surface area contributed by atoms with Crippen LogP contribution in [0.15, 0.2) is 24.3 Å². The lowest BCUT2D eigenvalue weighted by Gasteiger charge is -2.32. The first-order valence-corrected chi connectivity index (χ1v) is 8.19. The van der Waals surface area contributed by atoms with Crippen LogP contribution >= 0.6 is 0 Å². The monoisotopic (exact) mass is 354 g/mol. The first-order chi connectivity index (χ1) is 11.6. The van der Waals surface area contributed by atoms with E-state index < -0.39 is 23.5 Å². The molecule has 1 aromatic carbocycles. The summed E-state index contributed by atoms with van der Waals surface area (Å²) in [7, 11) is 4.64. The molecule has 0 aliphatic heterocycles. The predicted molar refractivity (Wildman–Crippen MR) is 94.7 cm³/mol. The van der Waals surface area contributed by atoms with Crippen molar-refractivity contribution < 1.29 is 28.5 Å². The molecule has 6 nitrogen and oxygen atoms in total. The number of hydrogen-bond donors (Lipinski definition) is 0. The quantitative estimate of drug-likeness (QED) is 0.502. The van der Waals surface area contributed by atoms with Crippen LogP contribution in [0, 0.1) is 0 Å². The maximum absolute atomic E-state index is 12.8. The molecule has 0 saturated carbocycles. The summed E-state index contributed by atoms with van der Waals surface area (Å²) in [6, 6.07) is 7.51. The van der Waals surface area contributed by atoms with Crippen LogP contribution in [0.4, 0.5) is 0 Å². The first-order valence-electron chi connectivity index (χ1n) is 8.19. The predicted octanol–water partition coefficient (Wildman–Crippen LogP) is 2.97. The highest BCUT2D eigenvalue weighted by Crippen LogP contribution is 2.25. The van der Waals surface area contributed by atoms with Gasteiger partial charge in [-0.1, -0.05) is 12.1 Å². The third-order valence-electron chi connectivity index (χ3n) is 3.57. The van der Waals surface area contributed by atoms with Gasteiger partial charge < -0.3 is 23.7 Å². The van der Waals surface area contributed by atoms with Crippen LogP contribution in [0.1, 0.15) is 33.3 Å². The number of rotatable bonds is 9. The Balaban J connectivity index is 3.01. The lowest BCUT2D eigenvalue weighted by molar-refractivity contribution is -0.200. The number of ether oxygens (including phenoxy) is 5. The van der Waals surface area contributed by atoms with Gasteiger partial charge in [-0.15, -0.1) is 0 Å². The minimum atomic E-state index is -1.19. The van der Waals surface area contributed by atoms with Gasteiger partial charge in [-0.2, -0.15) is 0 Å². The number of esters is 1. The Kier molecular flexibility index (Phi) is 7.86. The van der Waals surface area contributed by atoms with Crippen LogP contribution in [0.3, 0.4) is 0 Å². The fourth-order valence-electron chi connectivity index (χ4n) is 2.22. The van der Waals surface area contributed by atoms with E-state index in [0.717, 1.165) is 11.3 Å². The summed E-state index contributed by atoms with van der Waals surface area (Å²) in [5.74, 6) is 0.282. The van der Waals surface area contributed by atoms with E-state index in [0.29, 0.717) is 6.42 Å². The van der Waals surface area contributed by atoms with Crippen molar-refractivity contribution in [2.75, 3.05) is 27.9 Å². The second-order valence-corrected chi connectivity index (χ2v) is 6.97. The van der Waals surface area contributed by atoms with E-state index in [1.54, 1.807) is 14.0 Å². The van der Waals surface area contributed by atoms with E-state index in [1.165, 1.54) is 14.2 Å². The molecule has 0 amide bonds. The molecule has 1 atom stereocenters. The first kappa shape index (κ1) is 21.4. The van der Waals surface area contributed by atoms with Gasteiger partial charge in [-0.05, 0) is 45.4 Å². The average molecular weight is 354 g/mol. The van der Waals surface area contributed by atoms with E-state index in [1.807, 2.05) is 45.0 Å². The Labute approximate surface area is 150 Å². The third-order valence-corrected chi connectivity index (χ3v) is 3.57. The van der Waals surface area contributed by atoms with E-state index >= 15 is 0 Å². The number of carbonyl (C=O) groups is 1. The zero-order chi connectivity index (χ0) is 19.1. The molecule has 0 radical (unpaired) electrons. The van der Waals surface area contributed by atoms with Gasteiger partial charge in [0, 0.05) is 20.6 Å². The Hall–Kier alpha value is -1.63. The van der Waals surface area contributed by atoms with Crippen LogP contribution < -0.4 is 4.74 Å². The Morgan fingerprint density at radius 1 is 1.08 bits per heavy atom. The molecule has 1 rings (SSSR count). The molecule has 0 bridgehead atoms. The van der Waals surface area contributed by atoms with Gasteiger partial charge in [-0.3, -0.25) is 0 Å². The SMILES string of the molecule is COc1cccc(CC(C)(OCC(OC)OC)C(=O)OC(C)(C)C)c1. The fraction of sp³-hybridized carbons (Fsp3) is 0.632. The minimum absolute atomic E-state index is 0.104. The Bertz CT molecular complexity index is 547. The molecule has 1 unspecified atom stereocenters. The second-order valence-electron chi connectivity index (χ2n) is 6.97. The molecule has 0 saturated heterocycles. The molecule has 25 heavy (non-hydrogen) atoms. The second kappa shape index (κ2) is 9.17. The summed E-state index contributed by atoms with van der Waals surface area (Å²) >= 11 is 0. The van der Waals surface area contributed by atoms with Gasteiger partial charge >= 0.3 is 5.97 Å². The van der Waals surface area contributed by atoms with Gasteiger partial charge in [0.05, 0.1) is 13.7 Å². The van der Waals surface area contributed by atoms with Gasteiger partial charge in [-0.25, -0.2) is 4.79 Å². The molecule has 0 spiro atoms. The highest BCUT2D eigenvalue weighted by Gasteiger charge is 2.39. The number of methoxy groups -OCH3 is 3. The summed E-state index contributed by atoms with van der Waals surface area (Å²) in [6.45, 7) is 7.29. The molecule has 0 aliphatic rings. The van der Waals surface area contributed by atoms with Crippen molar-refractivity contribution in [3.8, 4) is 5.75 Å². The van der Waals surface area contributed by atoms with Crippen LogP contribution in [-0.4, -0.2) is 51.4 Å². The highest BCUT2D eigenvalue weighted by atomic mass is 16.7. The van der Waals surface area contributed by atoms with E-state index in [-0.39, 0.29) is 6.61 Å². The molecule has 0 aliphatic carbocycles. The van der Waals surface area contributed by atoms with E-state index in [2.05, 4.69) is 0 Å². The van der Waals surface area contributed by atoms with Crippen molar-refractivity contribution in [3.05, 3.63) is 29.8 Å². The summed E-state index contributed by atoms with van der Waals surface area (Å²) in [6.07, 6.45) is -0.230. The lowest BCUT2D eigenvalue weighted by atomic mass is 9.95. The maximum Gasteiger partial charge on any atom is 0.338 e. The molecule has 1 aromatic rings. The highest BCUT2D eigenvalue weighted by molar-refractivity contribution is 5.80. The number of carbonyl (C=O) groups excluding carboxylic acids is 1. The molecular formula is C19H30O6. The lowest BCUT2D eigenvalue weighted by Crippen LogP contribution is -2.46. The zero-order valence-electron chi connectivity index (χ0n) is 16.3. The van der Waals surface area contributed by atoms with Crippen LogP contribution in [0.2, 0.25) is 0 Å². The van der Waals surface area contributed by atoms with Gasteiger partial charge in [0.2, 0.25) is 0 Å². The standard InChI is InChI=1S/C19H30O6/c1-18(2,3)25-17(20)19(4,24-13-16(22-6)23-7)12-14-9-8-10-15(11-14)21-5/h8-11,16H,12-13H2,1-7H3. The number of benzene rings is 1. The summed E-state index contributed by atoms with van der Waals surface area (Å²) < 4.78 is 27.0. The Morgan fingerprint density at radius 2 is 1.72 bits per heavy atom. The molecule has 0 N–H and O–H groups in total. The van der Waals surface area contributed by atoms with E-state index in [4.69, 9.17) is 23.7 Å². The molecule has 6 heteroatoms. The van der Waals surface area contributed by atoms with Crippen LogP contribution in [-0.2, 0) is 30.2 Å². The van der Waals surface area contributed by atoms with Crippen molar-refractivity contribution in [3.63, 3.8) is 0 Å². The van der Waals surface area contributed by atoms with Crippen molar-refractivity contribution in [1.29, 1.82) is 0 Å². The van der Waals surface area contributed by atoms with Crippen molar-refractivity contribution in [2.24, 2.45) is 0 Å². The molecular weight excluding hydrogens is 324 g/mol. The normalized spacial score (nSPS) is 14.2. The molecule has 0 aromatic heterocycles. The number of hydrogen-bond acceptors (Lipinski definition) is 6. The summed E-state index contributed by atoms with van der Waals surface area (Å²) in [4.78, 5) is 12.8. The van der Waals surface area contributed by atoms with Crippen LogP contribution in [0.25, 0.3) is 0 Å². The van der Waals surface area contributed by atoms with Gasteiger partial charge in [0.25, 0.3) is 0 Å². The molecule has 142 valence electrons. The molecule has 0 heterocycles.